The van der Waals surface area contributed by atoms with Gasteiger partial charge in [0.1, 0.15) is 0 Å². The number of halogens is 1. The van der Waals surface area contributed by atoms with Crippen LogP contribution in [0.4, 0.5) is 5.69 Å². The van der Waals surface area contributed by atoms with E-state index in [4.69, 9.17) is 5.73 Å². The van der Waals surface area contributed by atoms with Crippen molar-refractivity contribution >= 4 is 27.5 Å². The van der Waals surface area contributed by atoms with Crippen LogP contribution < -0.4 is 5.73 Å². The lowest BCUT2D eigenvalue weighted by molar-refractivity contribution is 0.0722. The van der Waals surface area contributed by atoms with Gasteiger partial charge in [-0.3, -0.25) is 4.79 Å². The highest BCUT2D eigenvalue weighted by Gasteiger charge is 2.33. The molecule has 0 unspecified atom stereocenters. The third kappa shape index (κ3) is 3.05. The van der Waals surface area contributed by atoms with E-state index >= 15 is 0 Å². The van der Waals surface area contributed by atoms with Crippen LogP contribution in [0.5, 0.6) is 0 Å². The molecule has 0 atom stereocenters. The van der Waals surface area contributed by atoms with E-state index in [1.807, 2.05) is 17.0 Å². The second-order valence-electron chi connectivity index (χ2n) is 5.32. The van der Waals surface area contributed by atoms with Gasteiger partial charge >= 0.3 is 0 Å². The van der Waals surface area contributed by atoms with Gasteiger partial charge in [-0.25, -0.2) is 0 Å². The molecule has 3 nitrogen and oxygen atoms in total. The number of carbonyl (C=O) groups is 1. The molecule has 2 rings (SSSR count). The van der Waals surface area contributed by atoms with Crippen molar-refractivity contribution in [1.82, 2.24) is 4.90 Å². The van der Waals surface area contributed by atoms with Crippen LogP contribution in [0.15, 0.2) is 22.7 Å². The molecule has 18 heavy (non-hydrogen) atoms. The zero-order valence-corrected chi connectivity index (χ0v) is 12.4. The van der Waals surface area contributed by atoms with Gasteiger partial charge in [0.15, 0.2) is 0 Å². The number of nitrogen functional groups attached to an aromatic ring is 1. The van der Waals surface area contributed by atoms with Crippen molar-refractivity contribution in [3.05, 3.63) is 28.2 Å². The summed E-state index contributed by atoms with van der Waals surface area (Å²) in [6.45, 7) is 5.09. The Morgan fingerprint density at radius 3 is 2.67 bits per heavy atom. The predicted molar refractivity (Wildman–Crippen MR) is 77.5 cm³/mol. The molecule has 0 aliphatic heterocycles. The number of rotatable bonds is 4. The van der Waals surface area contributed by atoms with Crippen LogP contribution in [-0.4, -0.2) is 23.4 Å². The molecule has 1 aromatic rings. The largest absolute Gasteiger partial charge is 0.398 e. The average Bonchev–Trinajstić information content (AvgIpc) is 3.12. The first-order valence-electron chi connectivity index (χ1n) is 6.35. The van der Waals surface area contributed by atoms with Crippen LogP contribution in [0.3, 0.4) is 0 Å². The van der Waals surface area contributed by atoms with Gasteiger partial charge in [0.05, 0.1) is 0 Å². The van der Waals surface area contributed by atoms with Crippen molar-refractivity contribution < 1.29 is 4.79 Å². The zero-order chi connectivity index (χ0) is 13.3. The van der Waals surface area contributed by atoms with Gasteiger partial charge in [0.25, 0.3) is 5.91 Å². The van der Waals surface area contributed by atoms with Crippen molar-refractivity contribution in [3.8, 4) is 0 Å². The maximum absolute atomic E-state index is 12.5. The van der Waals surface area contributed by atoms with E-state index in [-0.39, 0.29) is 5.91 Å². The Balaban J connectivity index is 2.19. The van der Waals surface area contributed by atoms with Crippen molar-refractivity contribution in [2.75, 3.05) is 12.3 Å². The molecular weight excluding hydrogens is 292 g/mol. The van der Waals surface area contributed by atoms with Gasteiger partial charge in [0, 0.05) is 28.3 Å². The molecule has 0 saturated heterocycles. The smallest absolute Gasteiger partial charge is 0.254 e. The second kappa shape index (κ2) is 5.31. The first kappa shape index (κ1) is 13.4. The van der Waals surface area contributed by atoms with Crippen LogP contribution in [0.2, 0.25) is 0 Å². The van der Waals surface area contributed by atoms with Crippen LogP contribution >= 0.6 is 15.9 Å². The Morgan fingerprint density at radius 2 is 2.17 bits per heavy atom. The minimum absolute atomic E-state index is 0.102. The number of amides is 1. The molecule has 98 valence electrons. The summed E-state index contributed by atoms with van der Waals surface area (Å²) in [6, 6.07) is 5.86. The zero-order valence-electron chi connectivity index (χ0n) is 10.8. The third-order valence-corrected chi connectivity index (χ3v) is 3.78. The first-order chi connectivity index (χ1) is 8.49. The molecule has 1 aromatic carbocycles. The van der Waals surface area contributed by atoms with Crippen LogP contribution in [-0.2, 0) is 0 Å². The second-order valence-corrected chi connectivity index (χ2v) is 6.17. The van der Waals surface area contributed by atoms with Crippen LogP contribution in [0.25, 0.3) is 0 Å². The Hall–Kier alpha value is -1.03. The van der Waals surface area contributed by atoms with E-state index in [1.54, 1.807) is 6.07 Å². The Morgan fingerprint density at radius 1 is 1.50 bits per heavy atom. The number of benzene rings is 1. The van der Waals surface area contributed by atoms with Gasteiger partial charge < -0.3 is 10.6 Å². The molecule has 1 aliphatic rings. The Labute approximate surface area is 116 Å². The summed E-state index contributed by atoms with van der Waals surface area (Å²) in [5, 5.41) is 0. The molecule has 1 saturated carbocycles. The lowest BCUT2D eigenvalue weighted by Gasteiger charge is -2.24. The number of hydrogen-bond donors (Lipinski definition) is 1. The fraction of sp³-hybridized carbons (Fsp3) is 0.500. The van der Waals surface area contributed by atoms with Gasteiger partial charge in [-0.05, 0) is 52.9 Å². The first-order valence-corrected chi connectivity index (χ1v) is 7.14. The maximum atomic E-state index is 12.5. The molecule has 0 heterocycles. The molecular formula is C14H19BrN2O. The summed E-state index contributed by atoms with van der Waals surface area (Å²) in [4.78, 5) is 14.5. The minimum Gasteiger partial charge on any atom is -0.398 e. The number of anilines is 1. The normalized spacial score (nSPS) is 14.9. The highest BCUT2D eigenvalue weighted by Crippen LogP contribution is 2.30. The van der Waals surface area contributed by atoms with E-state index in [0.717, 1.165) is 23.9 Å². The molecule has 1 aliphatic carbocycles. The van der Waals surface area contributed by atoms with Crippen molar-refractivity contribution in [1.29, 1.82) is 0 Å². The molecule has 0 spiro atoms. The standard InChI is InChI=1S/C14H19BrN2O/c1-9(2)8-17(11-4-5-11)14(18)10-3-6-12(15)13(16)7-10/h3,6-7,9,11H,4-5,8,16H2,1-2H3. The molecule has 0 aromatic heterocycles. The topological polar surface area (TPSA) is 46.3 Å². The van der Waals surface area contributed by atoms with E-state index in [1.165, 1.54) is 0 Å². The maximum Gasteiger partial charge on any atom is 0.254 e. The Kier molecular flexibility index (Phi) is 3.95. The average molecular weight is 311 g/mol. The highest BCUT2D eigenvalue weighted by atomic mass is 79.9. The van der Waals surface area contributed by atoms with E-state index in [0.29, 0.717) is 23.2 Å². The van der Waals surface area contributed by atoms with E-state index < -0.39 is 0 Å². The molecule has 4 heteroatoms. The highest BCUT2D eigenvalue weighted by molar-refractivity contribution is 9.10. The van der Waals surface area contributed by atoms with Crippen molar-refractivity contribution in [2.24, 2.45) is 5.92 Å². The molecule has 0 radical (unpaired) electrons. The summed E-state index contributed by atoms with van der Waals surface area (Å²) in [5.41, 5.74) is 7.13. The van der Waals surface area contributed by atoms with E-state index in [2.05, 4.69) is 29.8 Å². The SMILES string of the molecule is CC(C)CN(C(=O)c1ccc(Br)c(N)c1)C1CC1. The number of nitrogens with two attached hydrogens (primary N) is 1. The monoisotopic (exact) mass is 310 g/mol. The number of carbonyl (C=O) groups excluding carboxylic acids is 1. The summed E-state index contributed by atoms with van der Waals surface area (Å²) < 4.78 is 0.834. The molecule has 1 fully saturated rings. The van der Waals surface area contributed by atoms with E-state index in [9.17, 15) is 4.79 Å². The van der Waals surface area contributed by atoms with Crippen molar-refractivity contribution in [2.45, 2.75) is 32.7 Å². The minimum atomic E-state index is 0.102. The Bertz CT molecular complexity index is 455. The van der Waals surface area contributed by atoms with Gasteiger partial charge in [-0.15, -0.1) is 0 Å². The van der Waals surface area contributed by atoms with Gasteiger partial charge in [-0.2, -0.15) is 0 Å². The quantitative estimate of drug-likeness (QED) is 0.867. The van der Waals surface area contributed by atoms with Crippen LogP contribution in [0, 0.1) is 5.92 Å². The van der Waals surface area contributed by atoms with Gasteiger partial charge in [-0.1, -0.05) is 13.8 Å². The van der Waals surface area contributed by atoms with Crippen molar-refractivity contribution in [3.63, 3.8) is 0 Å². The van der Waals surface area contributed by atoms with Gasteiger partial charge in [0.2, 0.25) is 0 Å². The summed E-state index contributed by atoms with van der Waals surface area (Å²) in [7, 11) is 0. The fourth-order valence-corrected chi connectivity index (χ4v) is 2.27. The summed E-state index contributed by atoms with van der Waals surface area (Å²) in [6.07, 6.45) is 2.26. The molecule has 0 bridgehead atoms. The summed E-state index contributed by atoms with van der Waals surface area (Å²) in [5.74, 6) is 0.591. The number of nitrogens with zero attached hydrogens (tertiary/aromatic N) is 1. The summed E-state index contributed by atoms with van der Waals surface area (Å²) >= 11 is 3.35. The lowest BCUT2D eigenvalue weighted by Crippen LogP contribution is -2.36. The molecule has 1 amide bonds. The number of hydrogen-bond acceptors (Lipinski definition) is 2. The predicted octanol–water partition coefficient (Wildman–Crippen LogP) is 3.29. The fourth-order valence-electron chi connectivity index (χ4n) is 2.02. The molecule has 2 N–H and O–H groups in total. The van der Waals surface area contributed by atoms with Crippen LogP contribution in [0.1, 0.15) is 37.0 Å². The lowest BCUT2D eigenvalue weighted by atomic mass is 10.1. The third-order valence-electron chi connectivity index (χ3n) is 3.05.